The van der Waals surface area contributed by atoms with Gasteiger partial charge in [-0.3, -0.25) is 4.79 Å². The van der Waals surface area contributed by atoms with E-state index in [1.54, 1.807) is 12.1 Å². The molecule has 1 fully saturated rings. The van der Waals surface area contributed by atoms with Crippen LogP contribution in [0.4, 0.5) is 17.3 Å². The fourth-order valence-corrected chi connectivity index (χ4v) is 3.16. The molecule has 0 spiro atoms. The van der Waals surface area contributed by atoms with Crippen molar-refractivity contribution in [3.63, 3.8) is 0 Å². The molecule has 1 saturated heterocycles. The average molecular weight is 348 g/mol. The topological polar surface area (TPSA) is 71.3 Å². The highest BCUT2D eigenvalue weighted by atomic mass is 16.3. The number of nitrogens with one attached hydrogen (secondary N) is 1. The van der Waals surface area contributed by atoms with Crippen molar-refractivity contribution in [2.24, 2.45) is 0 Å². The van der Waals surface area contributed by atoms with E-state index in [9.17, 15) is 4.79 Å². The van der Waals surface area contributed by atoms with Crippen molar-refractivity contribution in [1.29, 1.82) is 0 Å². The fourth-order valence-electron chi connectivity index (χ4n) is 3.16. The number of aryl methyl sites for hydroxylation is 1. The monoisotopic (exact) mass is 348 g/mol. The van der Waals surface area contributed by atoms with Crippen molar-refractivity contribution in [1.82, 2.24) is 9.97 Å². The quantitative estimate of drug-likeness (QED) is 0.697. The molecule has 6 heteroatoms. The normalized spacial score (nSPS) is 13.8. The molecule has 1 aromatic carbocycles. The molecule has 4 rings (SSSR count). The molecule has 0 amide bonds. The van der Waals surface area contributed by atoms with Crippen molar-refractivity contribution in [3.8, 4) is 11.3 Å². The van der Waals surface area contributed by atoms with Crippen LogP contribution in [0.25, 0.3) is 11.3 Å². The third-order valence-corrected chi connectivity index (χ3v) is 4.44. The molecule has 132 valence electrons. The standard InChI is InChI=1S/C20H20N4O2/c1-14-21-19(12-20(22-14)24-10-2-3-11-24)23-16-6-4-15(5-7-16)18-9-8-17(13-25)26-18/h4-9,12-13H,2-3,10-11H2,1H3,(H,21,22,23). The lowest BCUT2D eigenvalue weighted by Gasteiger charge is -2.17. The maximum atomic E-state index is 10.7. The highest BCUT2D eigenvalue weighted by Gasteiger charge is 2.15. The number of nitrogens with zero attached hydrogens (tertiary/aromatic N) is 3. The Hall–Kier alpha value is -3.15. The van der Waals surface area contributed by atoms with Crippen molar-refractivity contribution in [3.05, 3.63) is 54.0 Å². The number of aromatic nitrogens is 2. The smallest absolute Gasteiger partial charge is 0.185 e. The van der Waals surface area contributed by atoms with Crippen LogP contribution < -0.4 is 10.2 Å². The summed E-state index contributed by atoms with van der Waals surface area (Å²) < 4.78 is 5.45. The molecule has 0 radical (unpaired) electrons. The maximum absolute atomic E-state index is 10.7. The number of benzene rings is 1. The van der Waals surface area contributed by atoms with E-state index in [-0.39, 0.29) is 0 Å². The molecule has 6 nitrogen and oxygen atoms in total. The minimum atomic E-state index is 0.327. The molecule has 1 aliphatic heterocycles. The minimum Gasteiger partial charge on any atom is -0.453 e. The highest BCUT2D eigenvalue weighted by molar-refractivity contribution is 5.73. The zero-order valence-electron chi connectivity index (χ0n) is 14.6. The van der Waals surface area contributed by atoms with Crippen LogP contribution in [0.2, 0.25) is 0 Å². The number of hydrogen-bond acceptors (Lipinski definition) is 6. The van der Waals surface area contributed by atoms with Gasteiger partial charge in [0.25, 0.3) is 0 Å². The molecule has 0 aliphatic carbocycles. The molecule has 26 heavy (non-hydrogen) atoms. The van der Waals surface area contributed by atoms with Crippen LogP contribution in [0.15, 0.2) is 46.9 Å². The van der Waals surface area contributed by atoms with Gasteiger partial charge in [0, 0.05) is 30.4 Å². The molecule has 0 bridgehead atoms. The Morgan fingerprint density at radius 1 is 1.08 bits per heavy atom. The van der Waals surface area contributed by atoms with Crippen LogP contribution in [0.3, 0.4) is 0 Å². The number of furan rings is 1. The van der Waals surface area contributed by atoms with Gasteiger partial charge in [0.2, 0.25) is 0 Å². The summed E-state index contributed by atoms with van der Waals surface area (Å²) in [6.07, 6.45) is 3.13. The average Bonchev–Trinajstić information content (AvgIpc) is 3.34. The molecule has 1 N–H and O–H groups in total. The van der Waals surface area contributed by atoms with Crippen LogP contribution in [0.1, 0.15) is 29.2 Å². The Morgan fingerprint density at radius 2 is 1.85 bits per heavy atom. The Morgan fingerprint density at radius 3 is 2.54 bits per heavy atom. The molecule has 0 unspecified atom stereocenters. The number of aldehydes is 1. The molecule has 3 heterocycles. The molecule has 0 saturated carbocycles. The zero-order chi connectivity index (χ0) is 17.9. The lowest BCUT2D eigenvalue weighted by Crippen LogP contribution is -2.19. The first-order valence-corrected chi connectivity index (χ1v) is 8.74. The van der Waals surface area contributed by atoms with Gasteiger partial charge in [-0.2, -0.15) is 0 Å². The van der Waals surface area contributed by atoms with Gasteiger partial charge in [0.15, 0.2) is 12.0 Å². The molecular formula is C20H20N4O2. The predicted octanol–water partition coefficient (Wildman–Crippen LogP) is 4.20. The van der Waals surface area contributed by atoms with Crippen LogP contribution in [-0.4, -0.2) is 29.3 Å². The molecule has 1 aliphatic rings. The third-order valence-electron chi connectivity index (χ3n) is 4.44. The second kappa shape index (κ2) is 7.00. The lowest BCUT2D eigenvalue weighted by molar-refractivity contribution is 0.110. The summed E-state index contributed by atoms with van der Waals surface area (Å²) in [5.74, 6) is 3.52. The predicted molar refractivity (Wildman–Crippen MR) is 101 cm³/mol. The van der Waals surface area contributed by atoms with E-state index in [1.807, 2.05) is 37.3 Å². The summed E-state index contributed by atoms with van der Waals surface area (Å²) >= 11 is 0. The summed E-state index contributed by atoms with van der Waals surface area (Å²) in [7, 11) is 0. The van der Waals surface area contributed by atoms with Crippen molar-refractivity contribution in [2.45, 2.75) is 19.8 Å². The second-order valence-corrected chi connectivity index (χ2v) is 6.37. The van der Waals surface area contributed by atoms with Crippen LogP contribution in [-0.2, 0) is 0 Å². The Kier molecular flexibility index (Phi) is 4.39. The van der Waals surface area contributed by atoms with E-state index >= 15 is 0 Å². The van der Waals surface area contributed by atoms with E-state index in [0.717, 1.165) is 41.8 Å². The van der Waals surface area contributed by atoms with E-state index in [2.05, 4.69) is 20.2 Å². The van der Waals surface area contributed by atoms with E-state index in [1.165, 1.54) is 12.8 Å². The number of carbonyl (C=O) groups is 1. The lowest BCUT2D eigenvalue weighted by atomic mass is 10.1. The summed E-state index contributed by atoms with van der Waals surface area (Å²) in [6, 6.07) is 13.3. The first-order chi connectivity index (χ1) is 12.7. The largest absolute Gasteiger partial charge is 0.453 e. The summed E-state index contributed by atoms with van der Waals surface area (Å²) in [5.41, 5.74) is 1.85. The van der Waals surface area contributed by atoms with Crippen LogP contribution in [0.5, 0.6) is 0 Å². The zero-order valence-corrected chi connectivity index (χ0v) is 14.6. The van der Waals surface area contributed by atoms with Gasteiger partial charge < -0.3 is 14.6 Å². The Balaban J connectivity index is 1.52. The fraction of sp³-hybridized carbons (Fsp3) is 0.250. The van der Waals surface area contributed by atoms with Gasteiger partial charge in [0.05, 0.1) is 0 Å². The van der Waals surface area contributed by atoms with Crippen LogP contribution in [0, 0.1) is 6.92 Å². The van der Waals surface area contributed by atoms with Gasteiger partial charge in [-0.15, -0.1) is 0 Å². The van der Waals surface area contributed by atoms with E-state index in [4.69, 9.17) is 4.42 Å². The Bertz CT molecular complexity index is 912. The number of carbonyl (C=O) groups excluding carboxylic acids is 1. The molecule has 0 atom stereocenters. The first kappa shape index (κ1) is 16.3. The number of anilines is 3. The summed E-state index contributed by atoms with van der Waals surface area (Å²) in [4.78, 5) is 22.1. The van der Waals surface area contributed by atoms with Gasteiger partial charge in [0.1, 0.15) is 23.2 Å². The summed E-state index contributed by atoms with van der Waals surface area (Å²) in [6.45, 7) is 4.02. The van der Waals surface area contributed by atoms with E-state index in [0.29, 0.717) is 17.8 Å². The molecular weight excluding hydrogens is 328 g/mol. The summed E-state index contributed by atoms with van der Waals surface area (Å²) in [5, 5.41) is 3.34. The number of rotatable bonds is 5. The highest BCUT2D eigenvalue weighted by Crippen LogP contribution is 2.26. The van der Waals surface area contributed by atoms with Crippen molar-refractivity contribution >= 4 is 23.6 Å². The molecule has 3 aromatic rings. The van der Waals surface area contributed by atoms with Gasteiger partial charge in [-0.1, -0.05) is 0 Å². The van der Waals surface area contributed by atoms with Crippen molar-refractivity contribution < 1.29 is 9.21 Å². The van der Waals surface area contributed by atoms with Gasteiger partial charge >= 0.3 is 0 Å². The number of hydrogen-bond donors (Lipinski definition) is 1. The van der Waals surface area contributed by atoms with Crippen LogP contribution >= 0.6 is 0 Å². The maximum Gasteiger partial charge on any atom is 0.185 e. The third kappa shape index (κ3) is 3.44. The minimum absolute atomic E-state index is 0.327. The SMILES string of the molecule is Cc1nc(Nc2ccc(-c3ccc(C=O)o3)cc2)cc(N2CCCC2)n1. The first-order valence-electron chi connectivity index (χ1n) is 8.74. The van der Waals surface area contributed by atoms with Crippen molar-refractivity contribution in [2.75, 3.05) is 23.3 Å². The van der Waals surface area contributed by atoms with E-state index < -0.39 is 0 Å². The van der Waals surface area contributed by atoms with Gasteiger partial charge in [-0.25, -0.2) is 9.97 Å². The Labute approximate surface area is 151 Å². The second-order valence-electron chi connectivity index (χ2n) is 6.37. The van der Waals surface area contributed by atoms with Gasteiger partial charge in [-0.05, 0) is 56.2 Å². The molecule has 2 aromatic heterocycles.